The minimum Gasteiger partial charge on any atom is -0.348 e. The number of carbonyl (C=O) groups is 2. The Morgan fingerprint density at radius 1 is 1.13 bits per heavy atom. The van der Waals surface area contributed by atoms with Gasteiger partial charge in [-0.05, 0) is 37.5 Å². The van der Waals surface area contributed by atoms with Gasteiger partial charge in [0, 0.05) is 33.1 Å². The molecule has 1 fully saturated rings. The number of benzene rings is 1. The molecule has 0 spiro atoms. The molecule has 0 unspecified atom stereocenters. The van der Waals surface area contributed by atoms with Gasteiger partial charge in [-0.3, -0.25) is 14.5 Å². The molecule has 1 saturated heterocycles. The third-order valence-electron chi connectivity index (χ3n) is 4.59. The van der Waals surface area contributed by atoms with Gasteiger partial charge in [0.2, 0.25) is 11.8 Å². The van der Waals surface area contributed by atoms with Crippen LogP contribution in [0.1, 0.15) is 36.6 Å². The molecule has 1 aromatic rings. The Kier molecular flexibility index (Phi) is 5.77. The first-order valence-corrected chi connectivity index (χ1v) is 8.21. The molecule has 1 aromatic carbocycles. The van der Waals surface area contributed by atoms with Crippen molar-refractivity contribution in [3.63, 3.8) is 0 Å². The summed E-state index contributed by atoms with van der Waals surface area (Å²) in [7, 11) is 0. The molecule has 2 rings (SSSR count). The molecule has 0 aromatic heterocycles. The molecule has 1 aliphatic heterocycles. The van der Waals surface area contributed by atoms with Gasteiger partial charge in [0.1, 0.15) is 0 Å². The molecule has 1 aliphatic rings. The van der Waals surface area contributed by atoms with Crippen LogP contribution >= 0.6 is 0 Å². The van der Waals surface area contributed by atoms with E-state index in [1.807, 2.05) is 11.8 Å². The van der Waals surface area contributed by atoms with Crippen molar-refractivity contribution in [3.8, 4) is 0 Å². The van der Waals surface area contributed by atoms with Crippen molar-refractivity contribution in [1.29, 1.82) is 0 Å². The molecule has 5 heteroatoms. The highest BCUT2D eigenvalue weighted by atomic mass is 16.2. The highest BCUT2D eigenvalue weighted by Crippen LogP contribution is 2.16. The normalized spacial score (nSPS) is 17.0. The van der Waals surface area contributed by atoms with Crippen LogP contribution in [0.3, 0.4) is 0 Å². The van der Waals surface area contributed by atoms with Crippen molar-refractivity contribution in [2.24, 2.45) is 0 Å². The zero-order valence-electron chi connectivity index (χ0n) is 14.6. The molecular weight excluding hydrogens is 290 g/mol. The summed E-state index contributed by atoms with van der Waals surface area (Å²) in [4.78, 5) is 27.5. The molecule has 2 amide bonds. The van der Waals surface area contributed by atoms with Crippen LogP contribution in [0.5, 0.6) is 0 Å². The number of carbonyl (C=O) groups excluding carboxylic acids is 2. The van der Waals surface area contributed by atoms with Gasteiger partial charge >= 0.3 is 0 Å². The number of rotatable bonds is 4. The van der Waals surface area contributed by atoms with Crippen LogP contribution in [0, 0.1) is 13.8 Å². The van der Waals surface area contributed by atoms with Gasteiger partial charge in [0.05, 0.1) is 12.6 Å². The number of piperazine rings is 1. The van der Waals surface area contributed by atoms with Crippen molar-refractivity contribution in [2.75, 3.05) is 32.7 Å². The highest BCUT2D eigenvalue weighted by Gasteiger charge is 2.21. The molecule has 1 N–H and O–H groups in total. The predicted octanol–water partition coefficient (Wildman–Crippen LogP) is 1.64. The maximum atomic E-state index is 12.2. The highest BCUT2D eigenvalue weighted by molar-refractivity contribution is 5.78. The number of aryl methyl sites for hydroxylation is 2. The quantitative estimate of drug-likeness (QED) is 0.918. The summed E-state index contributed by atoms with van der Waals surface area (Å²) in [5.41, 5.74) is 3.63. The van der Waals surface area contributed by atoms with E-state index in [4.69, 9.17) is 0 Å². The Bertz CT molecular complexity index is 578. The van der Waals surface area contributed by atoms with E-state index in [1.165, 1.54) is 11.1 Å². The summed E-state index contributed by atoms with van der Waals surface area (Å²) < 4.78 is 0. The minimum atomic E-state index is 0.000286. The Hall–Kier alpha value is -1.88. The van der Waals surface area contributed by atoms with Gasteiger partial charge in [-0.25, -0.2) is 0 Å². The van der Waals surface area contributed by atoms with Crippen LogP contribution in [0.15, 0.2) is 18.2 Å². The fourth-order valence-corrected chi connectivity index (χ4v) is 2.83. The molecule has 23 heavy (non-hydrogen) atoms. The van der Waals surface area contributed by atoms with Crippen LogP contribution in [-0.4, -0.2) is 54.3 Å². The number of hydrogen-bond acceptors (Lipinski definition) is 3. The lowest BCUT2D eigenvalue weighted by Gasteiger charge is -2.33. The molecule has 5 nitrogen and oxygen atoms in total. The average molecular weight is 317 g/mol. The van der Waals surface area contributed by atoms with Crippen LogP contribution in [-0.2, 0) is 9.59 Å². The fourth-order valence-electron chi connectivity index (χ4n) is 2.83. The maximum absolute atomic E-state index is 12.2. The van der Waals surface area contributed by atoms with Crippen molar-refractivity contribution in [2.45, 2.75) is 33.7 Å². The van der Waals surface area contributed by atoms with Crippen molar-refractivity contribution in [1.82, 2.24) is 15.1 Å². The van der Waals surface area contributed by atoms with Gasteiger partial charge in [-0.1, -0.05) is 18.2 Å². The molecule has 1 atom stereocenters. The van der Waals surface area contributed by atoms with Crippen LogP contribution in [0.2, 0.25) is 0 Å². The second kappa shape index (κ2) is 7.59. The molecule has 0 saturated carbocycles. The van der Waals surface area contributed by atoms with E-state index in [9.17, 15) is 9.59 Å². The van der Waals surface area contributed by atoms with Gasteiger partial charge in [-0.2, -0.15) is 0 Å². The topological polar surface area (TPSA) is 52.7 Å². The first kappa shape index (κ1) is 17.5. The van der Waals surface area contributed by atoms with Crippen molar-refractivity contribution in [3.05, 3.63) is 34.9 Å². The van der Waals surface area contributed by atoms with Gasteiger partial charge < -0.3 is 10.2 Å². The smallest absolute Gasteiger partial charge is 0.234 e. The Labute approximate surface area is 138 Å². The second-order valence-corrected chi connectivity index (χ2v) is 6.42. The van der Waals surface area contributed by atoms with E-state index >= 15 is 0 Å². The summed E-state index contributed by atoms with van der Waals surface area (Å²) in [5, 5.41) is 3.06. The molecule has 0 radical (unpaired) electrons. The molecule has 126 valence electrons. The summed E-state index contributed by atoms with van der Waals surface area (Å²) in [6.45, 7) is 11.1. The van der Waals surface area contributed by atoms with E-state index in [1.54, 1.807) is 6.92 Å². The van der Waals surface area contributed by atoms with E-state index < -0.39 is 0 Å². The predicted molar refractivity (Wildman–Crippen MR) is 91.2 cm³/mol. The summed E-state index contributed by atoms with van der Waals surface area (Å²) in [6.07, 6.45) is 0. The van der Waals surface area contributed by atoms with Gasteiger partial charge in [0.15, 0.2) is 0 Å². The largest absolute Gasteiger partial charge is 0.348 e. The SMILES string of the molecule is CC(=O)N1CCN(CC(=O)N[C@H](C)c2ccc(C)c(C)c2)CC1. The van der Waals surface area contributed by atoms with Crippen LogP contribution < -0.4 is 5.32 Å². The van der Waals surface area contributed by atoms with Gasteiger partial charge in [0.25, 0.3) is 0 Å². The lowest BCUT2D eigenvalue weighted by atomic mass is 10.0. The number of nitrogens with zero attached hydrogens (tertiary/aromatic N) is 2. The molecule has 1 heterocycles. The Morgan fingerprint density at radius 2 is 1.78 bits per heavy atom. The zero-order chi connectivity index (χ0) is 17.0. The van der Waals surface area contributed by atoms with Gasteiger partial charge in [-0.15, -0.1) is 0 Å². The number of amides is 2. The van der Waals surface area contributed by atoms with E-state index in [2.05, 4.69) is 42.3 Å². The maximum Gasteiger partial charge on any atom is 0.234 e. The molecule has 0 aliphatic carbocycles. The summed E-state index contributed by atoms with van der Waals surface area (Å²) in [5.74, 6) is 0.143. The van der Waals surface area contributed by atoms with Crippen LogP contribution in [0.4, 0.5) is 0 Å². The van der Waals surface area contributed by atoms with E-state index in [0.29, 0.717) is 19.6 Å². The third-order valence-corrected chi connectivity index (χ3v) is 4.59. The Balaban J connectivity index is 1.82. The average Bonchev–Trinajstić information content (AvgIpc) is 2.50. The first-order chi connectivity index (χ1) is 10.9. The standard InChI is InChI=1S/C18H27N3O2/c1-13-5-6-17(11-14(13)2)15(3)19-18(23)12-20-7-9-21(10-8-20)16(4)22/h5-6,11,15H,7-10,12H2,1-4H3,(H,19,23)/t15-/m1/s1. The summed E-state index contributed by atoms with van der Waals surface area (Å²) >= 11 is 0. The first-order valence-electron chi connectivity index (χ1n) is 8.21. The minimum absolute atomic E-state index is 0.000286. The van der Waals surface area contributed by atoms with E-state index in [0.717, 1.165) is 18.7 Å². The monoisotopic (exact) mass is 317 g/mol. The number of nitrogens with one attached hydrogen (secondary N) is 1. The van der Waals surface area contributed by atoms with Crippen LogP contribution in [0.25, 0.3) is 0 Å². The zero-order valence-corrected chi connectivity index (χ0v) is 14.6. The summed E-state index contributed by atoms with van der Waals surface area (Å²) in [6, 6.07) is 6.29. The third kappa shape index (κ3) is 4.79. The van der Waals surface area contributed by atoms with Crippen molar-refractivity contribution < 1.29 is 9.59 Å². The lowest BCUT2D eigenvalue weighted by Crippen LogP contribution is -2.50. The lowest BCUT2D eigenvalue weighted by molar-refractivity contribution is -0.131. The second-order valence-electron chi connectivity index (χ2n) is 6.42. The number of hydrogen-bond donors (Lipinski definition) is 1. The molecule has 0 bridgehead atoms. The fraction of sp³-hybridized carbons (Fsp3) is 0.556. The molecular formula is C18H27N3O2. The van der Waals surface area contributed by atoms with Crippen molar-refractivity contribution >= 4 is 11.8 Å². The van der Waals surface area contributed by atoms with E-state index in [-0.39, 0.29) is 17.9 Å². The Morgan fingerprint density at radius 3 is 2.35 bits per heavy atom.